The van der Waals surface area contributed by atoms with Crippen LogP contribution in [0.25, 0.3) is 27.6 Å². The highest BCUT2D eigenvalue weighted by atomic mass is 16.5. The average molecular weight is 688 g/mol. The number of aryl methyl sites for hydroxylation is 1. The highest BCUT2D eigenvalue weighted by Gasteiger charge is 2.38. The summed E-state index contributed by atoms with van der Waals surface area (Å²) in [5.41, 5.74) is 8.69. The van der Waals surface area contributed by atoms with E-state index in [0.717, 1.165) is 68.8 Å². The first-order valence-electron chi connectivity index (χ1n) is 18.7. The summed E-state index contributed by atoms with van der Waals surface area (Å²) in [6.45, 7) is 15.6. The smallest absolute Gasteiger partial charge is 0.217 e. The molecule has 4 aromatic carbocycles. The lowest BCUT2D eigenvalue weighted by Crippen LogP contribution is -2.23. The first-order chi connectivity index (χ1) is 24.9. The minimum atomic E-state index is -0.134. The SMILES string of the molecule is Cc1cc(Oc2cc(C3=N[C@H]([C@H]4C=CCCC4)[C@@H](c4ccccc4)O3)cc(C(C)(C)C)c2)cc(-n2c3ccc(C(C)(C)C)cc3c3cccnc32)c1. The summed E-state index contributed by atoms with van der Waals surface area (Å²) in [6, 6.07) is 34.5. The topological polar surface area (TPSA) is 48.6 Å². The molecule has 0 amide bonds. The van der Waals surface area contributed by atoms with E-state index in [4.69, 9.17) is 19.5 Å². The second kappa shape index (κ2) is 13.1. The van der Waals surface area contributed by atoms with Crippen LogP contribution in [0.3, 0.4) is 0 Å². The van der Waals surface area contributed by atoms with Crippen LogP contribution in [0.5, 0.6) is 11.5 Å². The third-order valence-corrected chi connectivity index (χ3v) is 10.6. The number of hydrogen-bond acceptors (Lipinski definition) is 4. The van der Waals surface area contributed by atoms with Gasteiger partial charge in [-0.3, -0.25) is 4.57 Å². The molecule has 0 fully saturated rings. The molecule has 3 heterocycles. The molecule has 8 rings (SSSR count). The van der Waals surface area contributed by atoms with Gasteiger partial charge in [-0.25, -0.2) is 9.98 Å². The van der Waals surface area contributed by atoms with Gasteiger partial charge in [-0.05, 0) is 114 Å². The van der Waals surface area contributed by atoms with E-state index in [9.17, 15) is 0 Å². The van der Waals surface area contributed by atoms with Crippen LogP contribution >= 0.6 is 0 Å². The minimum Gasteiger partial charge on any atom is -0.467 e. The van der Waals surface area contributed by atoms with Gasteiger partial charge in [0.25, 0.3) is 0 Å². The van der Waals surface area contributed by atoms with E-state index >= 15 is 0 Å². The molecule has 52 heavy (non-hydrogen) atoms. The van der Waals surface area contributed by atoms with Crippen LogP contribution in [-0.4, -0.2) is 21.5 Å². The van der Waals surface area contributed by atoms with Gasteiger partial charge in [0, 0.05) is 34.5 Å². The molecule has 264 valence electrons. The third-order valence-electron chi connectivity index (χ3n) is 10.6. The number of allylic oxidation sites excluding steroid dienone is 1. The van der Waals surface area contributed by atoms with Crippen molar-refractivity contribution in [2.45, 2.75) is 90.7 Å². The van der Waals surface area contributed by atoms with Crippen molar-refractivity contribution in [1.82, 2.24) is 9.55 Å². The van der Waals surface area contributed by atoms with E-state index in [1.165, 1.54) is 17.4 Å². The molecule has 2 aliphatic rings. The highest BCUT2D eigenvalue weighted by Crippen LogP contribution is 2.41. The standard InChI is InChI=1S/C47H49N3O2/c1-30-23-36(50-41-21-20-34(46(2,3)4)28-40(41)39-19-14-22-48-44(39)50)29-37(24-30)51-38-26-33(25-35(27-38)47(5,6)7)45-49-42(31-15-10-8-11-16-31)43(52-45)32-17-12-9-13-18-32/h9-10,12-15,17-29,31,42-43H,8,11,16H2,1-7H3/t31-,42+,43+/m0/s1. The molecule has 0 radical (unpaired) electrons. The molecule has 0 unspecified atom stereocenters. The fourth-order valence-electron chi connectivity index (χ4n) is 7.76. The van der Waals surface area contributed by atoms with E-state index in [1.807, 2.05) is 12.3 Å². The van der Waals surface area contributed by atoms with Crippen molar-refractivity contribution in [3.8, 4) is 17.2 Å². The first-order valence-corrected chi connectivity index (χ1v) is 18.7. The van der Waals surface area contributed by atoms with Crippen molar-refractivity contribution < 1.29 is 9.47 Å². The van der Waals surface area contributed by atoms with Crippen molar-refractivity contribution in [3.05, 3.63) is 143 Å². The van der Waals surface area contributed by atoms with Gasteiger partial charge >= 0.3 is 0 Å². The summed E-state index contributed by atoms with van der Waals surface area (Å²) in [5, 5.41) is 2.35. The van der Waals surface area contributed by atoms with E-state index in [1.54, 1.807) is 0 Å². The zero-order valence-corrected chi connectivity index (χ0v) is 31.5. The van der Waals surface area contributed by atoms with Crippen LogP contribution in [0, 0.1) is 12.8 Å². The maximum atomic E-state index is 6.82. The van der Waals surface area contributed by atoms with Gasteiger partial charge in [-0.2, -0.15) is 0 Å². The largest absolute Gasteiger partial charge is 0.467 e. The van der Waals surface area contributed by atoms with Crippen molar-refractivity contribution in [2.24, 2.45) is 10.9 Å². The quantitative estimate of drug-likeness (QED) is 0.164. The van der Waals surface area contributed by atoms with Gasteiger partial charge in [0.1, 0.15) is 29.3 Å². The molecule has 0 spiro atoms. The molecule has 0 saturated heterocycles. The molecule has 0 saturated carbocycles. The molecule has 5 heteroatoms. The van der Waals surface area contributed by atoms with E-state index in [-0.39, 0.29) is 23.0 Å². The molecule has 3 atom stereocenters. The Morgan fingerprint density at radius 1 is 0.769 bits per heavy atom. The van der Waals surface area contributed by atoms with E-state index < -0.39 is 0 Å². The Bertz CT molecular complexity index is 2340. The van der Waals surface area contributed by atoms with Crippen molar-refractivity contribution in [1.29, 1.82) is 0 Å². The average Bonchev–Trinajstić information content (AvgIpc) is 3.72. The Morgan fingerprint density at radius 2 is 1.56 bits per heavy atom. The lowest BCUT2D eigenvalue weighted by atomic mass is 9.85. The third kappa shape index (κ3) is 6.53. The first kappa shape index (κ1) is 34.0. The summed E-state index contributed by atoms with van der Waals surface area (Å²) in [4.78, 5) is 10.2. The van der Waals surface area contributed by atoms with Gasteiger partial charge in [-0.15, -0.1) is 0 Å². The van der Waals surface area contributed by atoms with Gasteiger partial charge in [0.2, 0.25) is 5.90 Å². The van der Waals surface area contributed by atoms with Crippen LogP contribution in [0.1, 0.15) is 94.7 Å². The summed E-state index contributed by atoms with van der Waals surface area (Å²) in [7, 11) is 0. The number of benzene rings is 4. The monoisotopic (exact) mass is 687 g/mol. The molecule has 0 N–H and O–H groups in total. The lowest BCUT2D eigenvalue weighted by Gasteiger charge is -2.25. The van der Waals surface area contributed by atoms with Gasteiger partial charge in [0.05, 0.1) is 11.2 Å². The summed E-state index contributed by atoms with van der Waals surface area (Å²) >= 11 is 0. The number of nitrogens with zero attached hydrogens (tertiary/aromatic N) is 3. The zero-order valence-electron chi connectivity index (χ0n) is 31.5. The summed E-state index contributed by atoms with van der Waals surface area (Å²) in [5.74, 6) is 2.56. The second-order valence-corrected chi connectivity index (χ2v) is 16.7. The van der Waals surface area contributed by atoms with E-state index in [2.05, 4.69) is 156 Å². The predicted molar refractivity (Wildman–Crippen MR) is 214 cm³/mol. The normalized spacial score (nSPS) is 19.2. The van der Waals surface area contributed by atoms with Crippen molar-refractivity contribution in [2.75, 3.05) is 0 Å². The molecule has 1 aliphatic carbocycles. The molecule has 1 aliphatic heterocycles. The van der Waals surface area contributed by atoms with Crippen LogP contribution in [0.4, 0.5) is 0 Å². The Kier molecular flexibility index (Phi) is 8.56. The summed E-state index contributed by atoms with van der Waals surface area (Å²) in [6.07, 6.45) is 9.84. The van der Waals surface area contributed by atoms with Crippen molar-refractivity contribution in [3.63, 3.8) is 0 Å². The number of hydrogen-bond donors (Lipinski definition) is 0. The lowest BCUT2D eigenvalue weighted by molar-refractivity contribution is 0.173. The maximum absolute atomic E-state index is 6.82. The van der Waals surface area contributed by atoms with Crippen LogP contribution < -0.4 is 4.74 Å². The number of aromatic nitrogens is 2. The predicted octanol–water partition coefficient (Wildman–Crippen LogP) is 12.1. The van der Waals surface area contributed by atoms with Crippen LogP contribution in [0.2, 0.25) is 0 Å². The Morgan fingerprint density at radius 3 is 2.31 bits per heavy atom. The fraction of sp³-hybridized carbons (Fsp3) is 0.319. The molecule has 6 aromatic rings. The van der Waals surface area contributed by atoms with Gasteiger partial charge in [0.15, 0.2) is 0 Å². The van der Waals surface area contributed by atoms with Crippen LogP contribution in [0.15, 0.2) is 120 Å². The number of rotatable bonds is 6. The maximum Gasteiger partial charge on any atom is 0.217 e. The number of pyridine rings is 1. The van der Waals surface area contributed by atoms with E-state index in [0.29, 0.717) is 11.8 Å². The summed E-state index contributed by atoms with van der Waals surface area (Å²) < 4.78 is 15.9. The Labute approximate surface area is 308 Å². The molecule has 5 nitrogen and oxygen atoms in total. The highest BCUT2D eigenvalue weighted by molar-refractivity contribution is 6.08. The molecule has 2 aromatic heterocycles. The second-order valence-electron chi connectivity index (χ2n) is 16.7. The molecular formula is C47H49N3O2. The molecular weight excluding hydrogens is 639 g/mol. The Hall–Kier alpha value is -5.16. The Balaban J connectivity index is 1.19. The zero-order chi connectivity index (χ0) is 36.2. The number of fused-ring (bicyclic) bond motifs is 3. The van der Waals surface area contributed by atoms with Gasteiger partial charge < -0.3 is 9.47 Å². The van der Waals surface area contributed by atoms with Gasteiger partial charge in [-0.1, -0.05) is 90.1 Å². The minimum absolute atomic E-state index is 0.0234. The van der Waals surface area contributed by atoms with Crippen molar-refractivity contribution >= 4 is 27.8 Å². The number of ether oxygens (including phenoxy) is 2. The van der Waals surface area contributed by atoms with Crippen LogP contribution in [-0.2, 0) is 15.6 Å². The fourth-order valence-corrected chi connectivity index (χ4v) is 7.76. The molecule has 0 bridgehead atoms. The number of aliphatic imine (C=N–C) groups is 1.